The van der Waals surface area contributed by atoms with Crippen molar-refractivity contribution in [3.05, 3.63) is 40.5 Å². The van der Waals surface area contributed by atoms with Crippen LogP contribution in [-0.4, -0.2) is 13.6 Å². The zero-order valence-electron chi connectivity index (χ0n) is 11.1. The van der Waals surface area contributed by atoms with Crippen LogP contribution in [0.25, 0.3) is 0 Å². The van der Waals surface area contributed by atoms with Gasteiger partial charge in [-0.2, -0.15) is 13.2 Å². The molecule has 0 amide bonds. The number of anilines is 1. The van der Waals surface area contributed by atoms with Crippen LogP contribution < -0.4 is 4.72 Å². The summed E-state index contributed by atoms with van der Waals surface area (Å²) >= 11 is 5.78. The molecule has 2 rings (SSSR count). The molecular weight excluding hydrogens is 345 g/mol. The molecule has 120 valence electrons. The van der Waals surface area contributed by atoms with Gasteiger partial charge in [-0.05, 0) is 18.6 Å². The van der Waals surface area contributed by atoms with Crippen LogP contribution in [0, 0.1) is 0 Å². The molecule has 0 unspecified atom stereocenters. The highest BCUT2D eigenvalue weighted by atomic mass is 35.5. The standard InChI is InChI=1S/C12H10ClF3N2O3S/c1-2-7-10(12(14,15)16)17-21-11(7)18-22(19,20)9-6-4-3-5-8(9)13/h3-6,18H,2H2,1H3. The molecule has 0 fully saturated rings. The van der Waals surface area contributed by atoms with Gasteiger partial charge in [0.1, 0.15) is 4.90 Å². The molecular formula is C12H10ClF3N2O3S. The normalized spacial score (nSPS) is 12.4. The van der Waals surface area contributed by atoms with Gasteiger partial charge in [-0.15, -0.1) is 0 Å². The third-order valence-electron chi connectivity index (χ3n) is 2.76. The molecule has 5 nitrogen and oxygen atoms in total. The van der Waals surface area contributed by atoms with Gasteiger partial charge in [0.15, 0.2) is 5.69 Å². The van der Waals surface area contributed by atoms with Crippen LogP contribution in [0.15, 0.2) is 33.7 Å². The van der Waals surface area contributed by atoms with Crippen molar-refractivity contribution in [3.63, 3.8) is 0 Å². The summed E-state index contributed by atoms with van der Waals surface area (Å²) in [6.07, 6.45) is -4.85. The predicted molar refractivity (Wildman–Crippen MR) is 73.1 cm³/mol. The van der Waals surface area contributed by atoms with E-state index in [-0.39, 0.29) is 21.9 Å². The first-order chi connectivity index (χ1) is 10.2. The number of hydrogen-bond donors (Lipinski definition) is 1. The Morgan fingerprint density at radius 2 is 1.95 bits per heavy atom. The second-order valence-corrected chi connectivity index (χ2v) is 6.28. The summed E-state index contributed by atoms with van der Waals surface area (Å²) in [5.41, 5.74) is -1.63. The molecule has 0 radical (unpaired) electrons. The van der Waals surface area contributed by atoms with Gasteiger partial charge < -0.3 is 4.52 Å². The first-order valence-electron chi connectivity index (χ1n) is 6.00. The number of nitrogens with zero attached hydrogens (tertiary/aromatic N) is 1. The Bertz CT molecular complexity index is 787. The van der Waals surface area contributed by atoms with Crippen molar-refractivity contribution in [3.8, 4) is 0 Å². The fraction of sp³-hybridized carbons (Fsp3) is 0.250. The average molecular weight is 355 g/mol. The molecule has 0 aliphatic carbocycles. The first kappa shape index (κ1) is 16.6. The molecule has 10 heteroatoms. The largest absolute Gasteiger partial charge is 0.437 e. The summed E-state index contributed by atoms with van der Waals surface area (Å²) in [6, 6.07) is 5.52. The van der Waals surface area contributed by atoms with Crippen LogP contribution in [0.5, 0.6) is 0 Å². The lowest BCUT2D eigenvalue weighted by molar-refractivity contribution is -0.143. The quantitative estimate of drug-likeness (QED) is 0.908. The number of nitrogens with one attached hydrogen (secondary N) is 1. The van der Waals surface area contributed by atoms with Gasteiger partial charge in [-0.25, -0.2) is 13.1 Å². The first-order valence-corrected chi connectivity index (χ1v) is 7.86. The fourth-order valence-corrected chi connectivity index (χ4v) is 3.32. The lowest BCUT2D eigenvalue weighted by Crippen LogP contribution is -2.15. The SMILES string of the molecule is CCc1c(C(F)(F)F)noc1NS(=O)(=O)c1ccccc1Cl. The topological polar surface area (TPSA) is 72.2 Å². The average Bonchev–Trinajstić information content (AvgIpc) is 2.81. The second kappa shape index (κ2) is 5.81. The number of sulfonamides is 1. The highest BCUT2D eigenvalue weighted by molar-refractivity contribution is 7.92. The van der Waals surface area contributed by atoms with Crippen molar-refractivity contribution in [2.75, 3.05) is 4.72 Å². The van der Waals surface area contributed by atoms with E-state index < -0.39 is 27.8 Å². The second-order valence-electron chi connectivity index (χ2n) is 4.23. The Kier molecular flexibility index (Phi) is 4.39. The van der Waals surface area contributed by atoms with Gasteiger partial charge in [-0.1, -0.05) is 35.8 Å². The lowest BCUT2D eigenvalue weighted by Gasteiger charge is -2.08. The van der Waals surface area contributed by atoms with Crippen molar-refractivity contribution < 1.29 is 26.1 Å². The molecule has 0 aliphatic rings. The number of aromatic nitrogens is 1. The van der Waals surface area contributed by atoms with Crippen molar-refractivity contribution in [1.82, 2.24) is 5.16 Å². The van der Waals surface area contributed by atoms with E-state index in [4.69, 9.17) is 11.6 Å². The maximum atomic E-state index is 12.7. The van der Waals surface area contributed by atoms with E-state index in [2.05, 4.69) is 9.68 Å². The molecule has 1 aromatic heterocycles. The number of rotatable bonds is 4. The summed E-state index contributed by atoms with van der Waals surface area (Å²) in [5, 5.41) is 2.83. The van der Waals surface area contributed by atoms with Gasteiger partial charge in [0.2, 0.25) is 5.88 Å². The Hall–Kier alpha value is -1.74. The Balaban J connectivity index is 2.43. The minimum atomic E-state index is -4.73. The molecule has 0 saturated carbocycles. The Morgan fingerprint density at radius 1 is 1.32 bits per heavy atom. The van der Waals surface area contributed by atoms with E-state index in [0.29, 0.717) is 0 Å². The molecule has 1 aromatic carbocycles. The van der Waals surface area contributed by atoms with Crippen LogP contribution in [0.2, 0.25) is 5.02 Å². The van der Waals surface area contributed by atoms with Crippen LogP contribution >= 0.6 is 11.6 Å². The van der Waals surface area contributed by atoms with E-state index in [1.807, 2.05) is 4.72 Å². The molecule has 0 aliphatic heterocycles. The third kappa shape index (κ3) is 3.20. The Morgan fingerprint density at radius 3 is 2.50 bits per heavy atom. The molecule has 0 atom stereocenters. The lowest BCUT2D eigenvalue weighted by atomic mass is 10.2. The van der Waals surface area contributed by atoms with Crippen LogP contribution in [0.1, 0.15) is 18.2 Å². The van der Waals surface area contributed by atoms with Gasteiger partial charge in [0.25, 0.3) is 10.0 Å². The van der Waals surface area contributed by atoms with E-state index in [1.54, 1.807) is 0 Å². The third-order valence-corrected chi connectivity index (χ3v) is 4.59. The fourth-order valence-electron chi connectivity index (χ4n) is 1.78. The highest BCUT2D eigenvalue weighted by Gasteiger charge is 2.39. The monoisotopic (exact) mass is 354 g/mol. The molecule has 0 saturated heterocycles. The van der Waals surface area contributed by atoms with Crippen LogP contribution in [0.4, 0.5) is 19.1 Å². The van der Waals surface area contributed by atoms with E-state index in [1.165, 1.54) is 31.2 Å². The van der Waals surface area contributed by atoms with E-state index >= 15 is 0 Å². The van der Waals surface area contributed by atoms with Crippen LogP contribution in [0.3, 0.4) is 0 Å². The summed E-state index contributed by atoms with van der Waals surface area (Å²) in [7, 11) is -4.19. The predicted octanol–water partition coefficient (Wildman–Crippen LogP) is 3.71. The van der Waals surface area contributed by atoms with Gasteiger partial charge in [0.05, 0.1) is 5.02 Å². The van der Waals surface area contributed by atoms with Crippen molar-refractivity contribution in [2.24, 2.45) is 0 Å². The van der Waals surface area contributed by atoms with Gasteiger partial charge in [0, 0.05) is 5.56 Å². The van der Waals surface area contributed by atoms with Crippen molar-refractivity contribution in [2.45, 2.75) is 24.4 Å². The smallest absolute Gasteiger partial charge is 0.337 e. The molecule has 1 heterocycles. The van der Waals surface area contributed by atoms with Crippen LogP contribution in [-0.2, 0) is 22.6 Å². The number of halogens is 4. The van der Waals surface area contributed by atoms with E-state index in [0.717, 1.165) is 0 Å². The molecule has 0 spiro atoms. The minimum Gasteiger partial charge on any atom is -0.337 e. The number of alkyl halides is 3. The molecule has 22 heavy (non-hydrogen) atoms. The molecule has 1 N–H and O–H groups in total. The zero-order valence-corrected chi connectivity index (χ0v) is 12.7. The van der Waals surface area contributed by atoms with Gasteiger partial charge >= 0.3 is 6.18 Å². The summed E-state index contributed by atoms with van der Waals surface area (Å²) in [5.74, 6) is -0.574. The maximum absolute atomic E-state index is 12.7. The molecule has 2 aromatic rings. The summed E-state index contributed by atoms with van der Waals surface area (Å²) < 4.78 is 69.1. The number of benzene rings is 1. The molecule has 0 bridgehead atoms. The van der Waals surface area contributed by atoms with E-state index in [9.17, 15) is 21.6 Å². The minimum absolute atomic E-state index is 0.0661. The summed E-state index contributed by atoms with van der Waals surface area (Å²) in [4.78, 5) is -0.274. The highest BCUT2D eigenvalue weighted by Crippen LogP contribution is 2.35. The Labute approximate surface area is 129 Å². The van der Waals surface area contributed by atoms with Crippen molar-refractivity contribution in [1.29, 1.82) is 0 Å². The zero-order chi connectivity index (χ0) is 16.5. The number of hydrogen-bond acceptors (Lipinski definition) is 4. The summed E-state index contributed by atoms with van der Waals surface area (Å²) in [6.45, 7) is 1.43. The van der Waals surface area contributed by atoms with Gasteiger partial charge in [-0.3, -0.25) is 0 Å². The maximum Gasteiger partial charge on any atom is 0.437 e. The van der Waals surface area contributed by atoms with Crippen molar-refractivity contribution >= 4 is 27.5 Å².